The second-order valence-corrected chi connectivity index (χ2v) is 5.60. The van der Waals surface area contributed by atoms with E-state index >= 15 is 0 Å². The molecule has 0 amide bonds. The molecule has 0 unspecified atom stereocenters. The summed E-state index contributed by atoms with van der Waals surface area (Å²) in [6, 6.07) is 11.6. The Morgan fingerprint density at radius 3 is 2.86 bits per heavy atom. The zero-order valence-corrected chi connectivity index (χ0v) is 13.0. The zero-order chi connectivity index (χ0) is 14.8. The number of aryl methyl sites for hydroxylation is 1. The lowest BCUT2D eigenvalue weighted by molar-refractivity contribution is 0.112. The van der Waals surface area contributed by atoms with Gasteiger partial charge in [0.2, 0.25) is 0 Å². The number of pyridine rings is 1. The van der Waals surface area contributed by atoms with Gasteiger partial charge in [-0.25, -0.2) is 4.98 Å². The Bertz CT molecular complexity index is 811. The molecular formula is C16H13BrN2O2. The first-order valence-electron chi connectivity index (χ1n) is 6.49. The maximum Gasteiger partial charge on any atom is 0.170 e. The first-order chi connectivity index (χ1) is 10.2. The molecule has 3 rings (SSSR count). The molecule has 4 nitrogen and oxygen atoms in total. The number of imidazole rings is 1. The first-order valence-corrected chi connectivity index (χ1v) is 7.28. The van der Waals surface area contributed by atoms with Gasteiger partial charge >= 0.3 is 0 Å². The van der Waals surface area contributed by atoms with Crippen LogP contribution in [0.1, 0.15) is 21.9 Å². The molecule has 0 saturated heterocycles. The maximum absolute atomic E-state index is 11.1. The second kappa shape index (κ2) is 5.69. The number of ether oxygens (including phenoxy) is 1. The van der Waals surface area contributed by atoms with Crippen molar-refractivity contribution in [2.24, 2.45) is 0 Å². The third-order valence-corrected chi connectivity index (χ3v) is 3.73. The summed E-state index contributed by atoms with van der Waals surface area (Å²) in [6.07, 6.45) is 2.65. The van der Waals surface area contributed by atoms with Crippen LogP contribution in [0.5, 0.6) is 5.75 Å². The minimum absolute atomic E-state index is 0.302. The monoisotopic (exact) mass is 344 g/mol. The van der Waals surface area contributed by atoms with Gasteiger partial charge in [0.1, 0.15) is 18.1 Å². The Balaban J connectivity index is 1.95. The van der Waals surface area contributed by atoms with Crippen molar-refractivity contribution < 1.29 is 9.53 Å². The lowest BCUT2D eigenvalue weighted by Crippen LogP contribution is -2.02. The standard InChI is InChI=1S/C16H13BrN2O2/c1-11-4-2-3-5-15(11)21-10-16-18-13(9-20)14-7-6-12(17)8-19(14)16/h2-9H,10H2,1H3. The summed E-state index contributed by atoms with van der Waals surface area (Å²) < 4.78 is 8.60. The highest BCUT2D eigenvalue weighted by Crippen LogP contribution is 2.20. The van der Waals surface area contributed by atoms with Crippen molar-refractivity contribution in [3.8, 4) is 5.75 Å². The van der Waals surface area contributed by atoms with Crippen molar-refractivity contribution in [2.75, 3.05) is 0 Å². The number of carbonyl (C=O) groups is 1. The van der Waals surface area contributed by atoms with Crippen molar-refractivity contribution >= 4 is 27.7 Å². The topological polar surface area (TPSA) is 43.6 Å². The highest BCUT2D eigenvalue weighted by molar-refractivity contribution is 9.10. The fourth-order valence-electron chi connectivity index (χ4n) is 2.20. The van der Waals surface area contributed by atoms with Crippen LogP contribution in [0.4, 0.5) is 0 Å². The van der Waals surface area contributed by atoms with E-state index in [0.29, 0.717) is 18.1 Å². The third kappa shape index (κ3) is 2.69. The van der Waals surface area contributed by atoms with Crippen molar-refractivity contribution in [1.82, 2.24) is 9.38 Å². The quantitative estimate of drug-likeness (QED) is 0.676. The molecule has 0 aliphatic rings. The average molecular weight is 345 g/mol. The van der Waals surface area contributed by atoms with Gasteiger partial charge in [-0.2, -0.15) is 0 Å². The van der Waals surface area contributed by atoms with Crippen molar-refractivity contribution in [2.45, 2.75) is 13.5 Å². The highest BCUT2D eigenvalue weighted by atomic mass is 79.9. The first kappa shape index (κ1) is 13.8. The SMILES string of the molecule is Cc1ccccc1OCc1nc(C=O)c2ccc(Br)cn12. The number of hydrogen-bond donors (Lipinski definition) is 0. The molecule has 21 heavy (non-hydrogen) atoms. The number of fused-ring (bicyclic) bond motifs is 1. The summed E-state index contributed by atoms with van der Waals surface area (Å²) in [6.45, 7) is 2.29. The Morgan fingerprint density at radius 2 is 2.10 bits per heavy atom. The number of aromatic nitrogens is 2. The molecule has 0 fully saturated rings. The predicted octanol–water partition coefficient (Wildman–Crippen LogP) is 3.80. The summed E-state index contributed by atoms with van der Waals surface area (Å²) >= 11 is 3.43. The Morgan fingerprint density at radius 1 is 1.29 bits per heavy atom. The number of nitrogens with zero attached hydrogens (tertiary/aromatic N) is 2. The van der Waals surface area contributed by atoms with E-state index in [0.717, 1.165) is 27.6 Å². The number of aldehydes is 1. The smallest absolute Gasteiger partial charge is 0.170 e. The van der Waals surface area contributed by atoms with Gasteiger partial charge in [0.25, 0.3) is 0 Å². The molecule has 0 saturated carbocycles. The molecule has 0 atom stereocenters. The van der Waals surface area contributed by atoms with Gasteiger partial charge in [-0.1, -0.05) is 18.2 Å². The molecule has 0 aliphatic carbocycles. The Labute approximate surface area is 130 Å². The molecule has 2 heterocycles. The van der Waals surface area contributed by atoms with Crippen LogP contribution in [0.15, 0.2) is 47.1 Å². The van der Waals surface area contributed by atoms with Crippen molar-refractivity contribution in [3.05, 3.63) is 64.1 Å². The normalized spacial score (nSPS) is 10.8. The van der Waals surface area contributed by atoms with E-state index < -0.39 is 0 Å². The summed E-state index contributed by atoms with van der Waals surface area (Å²) in [4.78, 5) is 15.5. The maximum atomic E-state index is 11.1. The highest BCUT2D eigenvalue weighted by Gasteiger charge is 2.11. The Kier molecular flexibility index (Phi) is 3.75. The molecule has 3 aromatic rings. The van der Waals surface area contributed by atoms with Crippen LogP contribution in [0.3, 0.4) is 0 Å². The lowest BCUT2D eigenvalue weighted by atomic mass is 10.2. The number of halogens is 1. The summed E-state index contributed by atoms with van der Waals surface area (Å²) in [5.74, 6) is 1.51. The molecule has 0 aliphatic heterocycles. The molecule has 0 radical (unpaired) electrons. The van der Waals surface area contributed by atoms with Crippen LogP contribution in [-0.2, 0) is 6.61 Å². The fourth-order valence-corrected chi connectivity index (χ4v) is 2.53. The van der Waals surface area contributed by atoms with Gasteiger partial charge in [-0.05, 0) is 46.6 Å². The van der Waals surface area contributed by atoms with E-state index in [1.165, 1.54) is 0 Å². The van der Waals surface area contributed by atoms with Crippen LogP contribution in [0, 0.1) is 6.92 Å². The van der Waals surface area contributed by atoms with E-state index in [1.807, 2.05) is 53.9 Å². The van der Waals surface area contributed by atoms with Crippen LogP contribution >= 0.6 is 15.9 Å². The lowest BCUT2D eigenvalue weighted by Gasteiger charge is -2.08. The van der Waals surface area contributed by atoms with Crippen LogP contribution in [0.2, 0.25) is 0 Å². The predicted molar refractivity (Wildman–Crippen MR) is 83.8 cm³/mol. The van der Waals surface area contributed by atoms with Gasteiger partial charge in [-0.15, -0.1) is 0 Å². The number of benzene rings is 1. The number of carbonyl (C=O) groups excluding carboxylic acids is 1. The van der Waals surface area contributed by atoms with Crippen molar-refractivity contribution in [1.29, 1.82) is 0 Å². The van der Waals surface area contributed by atoms with Gasteiger partial charge in [0.05, 0.1) is 5.52 Å². The summed E-state index contributed by atoms with van der Waals surface area (Å²) in [7, 11) is 0. The van der Waals surface area contributed by atoms with Gasteiger partial charge in [0.15, 0.2) is 12.1 Å². The second-order valence-electron chi connectivity index (χ2n) is 4.69. The minimum Gasteiger partial charge on any atom is -0.485 e. The molecular weight excluding hydrogens is 332 g/mol. The molecule has 106 valence electrons. The number of para-hydroxylation sites is 1. The van der Waals surface area contributed by atoms with Crippen molar-refractivity contribution in [3.63, 3.8) is 0 Å². The third-order valence-electron chi connectivity index (χ3n) is 3.26. The average Bonchev–Trinajstić information content (AvgIpc) is 2.83. The van der Waals surface area contributed by atoms with E-state index in [9.17, 15) is 4.79 Å². The summed E-state index contributed by atoms with van der Waals surface area (Å²) in [5, 5.41) is 0. The molecule has 2 aromatic heterocycles. The largest absolute Gasteiger partial charge is 0.485 e. The number of hydrogen-bond acceptors (Lipinski definition) is 3. The van der Waals surface area contributed by atoms with Gasteiger partial charge in [-0.3, -0.25) is 9.20 Å². The molecule has 5 heteroatoms. The van der Waals surface area contributed by atoms with E-state index in [4.69, 9.17) is 4.74 Å². The van der Waals surface area contributed by atoms with Crippen LogP contribution in [-0.4, -0.2) is 15.7 Å². The molecule has 0 spiro atoms. The minimum atomic E-state index is 0.302. The fraction of sp³-hybridized carbons (Fsp3) is 0.125. The van der Waals surface area contributed by atoms with E-state index in [-0.39, 0.29) is 0 Å². The van der Waals surface area contributed by atoms with E-state index in [2.05, 4.69) is 20.9 Å². The molecule has 1 aromatic carbocycles. The number of rotatable bonds is 4. The van der Waals surface area contributed by atoms with Gasteiger partial charge < -0.3 is 4.74 Å². The Hall–Kier alpha value is -2.14. The molecule has 0 N–H and O–H groups in total. The molecule has 0 bridgehead atoms. The van der Waals surface area contributed by atoms with Gasteiger partial charge in [0, 0.05) is 10.7 Å². The zero-order valence-electron chi connectivity index (χ0n) is 11.4. The van der Waals surface area contributed by atoms with E-state index in [1.54, 1.807) is 0 Å². The van der Waals surface area contributed by atoms with Crippen LogP contribution < -0.4 is 4.74 Å². The summed E-state index contributed by atoms with van der Waals surface area (Å²) in [5.41, 5.74) is 2.26. The van der Waals surface area contributed by atoms with Crippen LogP contribution in [0.25, 0.3) is 5.52 Å².